The lowest BCUT2D eigenvalue weighted by Gasteiger charge is -2.16. The van der Waals surface area contributed by atoms with Crippen molar-refractivity contribution in [3.8, 4) is 0 Å². The van der Waals surface area contributed by atoms with Crippen molar-refractivity contribution in [3.05, 3.63) is 22.4 Å². The van der Waals surface area contributed by atoms with Gasteiger partial charge >= 0.3 is 0 Å². The molecule has 0 amide bonds. The van der Waals surface area contributed by atoms with Gasteiger partial charge in [0.25, 0.3) is 0 Å². The third kappa shape index (κ3) is 2.95. The molecule has 0 bridgehead atoms. The predicted molar refractivity (Wildman–Crippen MR) is 62.2 cm³/mol. The van der Waals surface area contributed by atoms with Crippen LogP contribution in [-0.4, -0.2) is 18.4 Å². The summed E-state index contributed by atoms with van der Waals surface area (Å²) in [4.78, 5) is 1.38. The SMILES string of the molecule is CC1(C)COC(Cc2cccs2)N1.Cl. The molecule has 0 spiro atoms. The van der Waals surface area contributed by atoms with E-state index in [-0.39, 0.29) is 24.2 Å². The Balaban J connectivity index is 0.000000980. The molecule has 0 aromatic carbocycles. The Bertz CT molecular complexity index is 274. The van der Waals surface area contributed by atoms with Crippen molar-refractivity contribution < 1.29 is 4.74 Å². The minimum Gasteiger partial charge on any atom is -0.361 e. The normalized spacial score (nSPS) is 24.6. The number of ether oxygens (including phenoxy) is 1. The highest BCUT2D eigenvalue weighted by atomic mass is 35.5. The molecule has 1 saturated heterocycles. The summed E-state index contributed by atoms with van der Waals surface area (Å²) in [5.74, 6) is 0. The van der Waals surface area contributed by atoms with Gasteiger partial charge in [0.1, 0.15) is 6.23 Å². The summed E-state index contributed by atoms with van der Waals surface area (Å²) in [5, 5.41) is 5.56. The highest BCUT2D eigenvalue weighted by Gasteiger charge is 2.30. The van der Waals surface area contributed by atoms with Crippen molar-refractivity contribution in [1.29, 1.82) is 0 Å². The molecular formula is C10H16ClNOS. The van der Waals surface area contributed by atoms with Gasteiger partial charge in [0.2, 0.25) is 0 Å². The molecule has 0 aliphatic carbocycles. The standard InChI is InChI=1S/C10H15NOS.ClH/c1-10(2)7-12-9(11-10)6-8-4-3-5-13-8;/h3-5,9,11H,6-7H2,1-2H3;1H. The summed E-state index contributed by atoms with van der Waals surface area (Å²) in [7, 11) is 0. The average molecular weight is 234 g/mol. The second-order valence-electron chi connectivity index (χ2n) is 4.11. The summed E-state index contributed by atoms with van der Waals surface area (Å²) in [6.45, 7) is 5.14. The van der Waals surface area contributed by atoms with Gasteiger partial charge in [0, 0.05) is 16.8 Å². The van der Waals surface area contributed by atoms with Gasteiger partial charge in [-0.15, -0.1) is 23.7 Å². The quantitative estimate of drug-likeness (QED) is 0.847. The summed E-state index contributed by atoms with van der Waals surface area (Å²) >= 11 is 1.79. The maximum atomic E-state index is 5.64. The highest BCUT2D eigenvalue weighted by molar-refractivity contribution is 7.09. The Kier molecular flexibility index (Phi) is 3.95. The number of halogens is 1. The van der Waals surface area contributed by atoms with E-state index < -0.39 is 0 Å². The van der Waals surface area contributed by atoms with E-state index in [0.717, 1.165) is 13.0 Å². The van der Waals surface area contributed by atoms with Gasteiger partial charge in [-0.1, -0.05) is 6.07 Å². The second kappa shape index (κ2) is 4.62. The monoisotopic (exact) mass is 233 g/mol. The third-order valence-corrected chi connectivity index (χ3v) is 3.06. The molecule has 1 unspecified atom stereocenters. The predicted octanol–water partition coefficient (Wildman–Crippen LogP) is 2.44. The van der Waals surface area contributed by atoms with Crippen molar-refractivity contribution in [2.75, 3.05) is 6.61 Å². The number of hydrogen-bond donors (Lipinski definition) is 1. The number of nitrogens with one attached hydrogen (secondary N) is 1. The van der Waals surface area contributed by atoms with E-state index in [0.29, 0.717) is 0 Å². The molecule has 1 atom stereocenters. The maximum absolute atomic E-state index is 5.64. The molecule has 1 aromatic rings. The van der Waals surface area contributed by atoms with E-state index in [2.05, 4.69) is 36.7 Å². The van der Waals surface area contributed by atoms with E-state index in [1.807, 2.05) is 0 Å². The lowest BCUT2D eigenvalue weighted by Crippen LogP contribution is -2.39. The van der Waals surface area contributed by atoms with E-state index in [1.165, 1.54) is 4.88 Å². The molecular weight excluding hydrogens is 218 g/mol. The first-order valence-corrected chi connectivity index (χ1v) is 5.45. The highest BCUT2D eigenvalue weighted by Crippen LogP contribution is 2.19. The molecule has 4 heteroatoms. The first-order chi connectivity index (χ1) is 6.16. The fraction of sp³-hybridized carbons (Fsp3) is 0.600. The lowest BCUT2D eigenvalue weighted by atomic mass is 10.1. The first kappa shape index (κ1) is 12.0. The van der Waals surface area contributed by atoms with Crippen molar-refractivity contribution in [2.24, 2.45) is 0 Å². The molecule has 80 valence electrons. The Hall–Kier alpha value is -0.0900. The van der Waals surface area contributed by atoms with Gasteiger partial charge in [0.05, 0.1) is 6.61 Å². The van der Waals surface area contributed by atoms with Crippen LogP contribution in [0.4, 0.5) is 0 Å². The van der Waals surface area contributed by atoms with Crippen molar-refractivity contribution >= 4 is 23.7 Å². The van der Waals surface area contributed by atoms with Crippen LogP contribution in [0.1, 0.15) is 18.7 Å². The topological polar surface area (TPSA) is 21.3 Å². The largest absolute Gasteiger partial charge is 0.361 e. The molecule has 14 heavy (non-hydrogen) atoms. The van der Waals surface area contributed by atoms with Crippen LogP contribution in [0.25, 0.3) is 0 Å². The van der Waals surface area contributed by atoms with Crippen LogP contribution in [0.15, 0.2) is 17.5 Å². The van der Waals surface area contributed by atoms with Crippen LogP contribution in [0.5, 0.6) is 0 Å². The molecule has 1 aliphatic rings. The molecule has 0 saturated carbocycles. The average Bonchev–Trinajstić information content (AvgIpc) is 2.61. The Morgan fingerprint density at radius 1 is 1.64 bits per heavy atom. The minimum absolute atomic E-state index is 0. The lowest BCUT2D eigenvalue weighted by molar-refractivity contribution is 0.0993. The van der Waals surface area contributed by atoms with E-state index in [1.54, 1.807) is 11.3 Å². The summed E-state index contributed by atoms with van der Waals surface area (Å²) in [6, 6.07) is 4.24. The van der Waals surface area contributed by atoms with Gasteiger partial charge < -0.3 is 4.74 Å². The van der Waals surface area contributed by atoms with Crippen LogP contribution in [0.2, 0.25) is 0 Å². The number of rotatable bonds is 2. The second-order valence-corrected chi connectivity index (χ2v) is 5.14. The minimum atomic E-state index is 0. The molecule has 1 fully saturated rings. The van der Waals surface area contributed by atoms with Crippen molar-refractivity contribution in [3.63, 3.8) is 0 Å². The molecule has 1 N–H and O–H groups in total. The van der Waals surface area contributed by atoms with Crippen LogP contribution >= 0.6 is 23.7 Å². The van der Waals surface area contributed by atoms with Crippen LogP contribution in [0, 0.1) is 0 Å². The van der Waals surface area contributed by atoms with Crippen molar-refractivity contribution in [2.45, 2.75) is 32.0 Å². The Labute approximate surface area is 95.1 Å². The van der Waals surface area contributed by atoms with Crippen molar-refractivity contribution in [1.82, 2.24) is 5.32 Å². The van der Waals surface area contributed by atoms with Crippen LogP contribution in [-0.2, 0) is 11.2 Å². The fourth-order valence-corrected chi connectivity index (χ4v) is 2.29. The summed E-state index contributed by atoms with van der Waals surface area (Å²) in [5.41, 5.74) is 0.141. The summed E-state index contributed by atoms with van der Waals surface area (Å²) in [6.07, 6.45) is 1.19. The Morgan fingerprint density at radius 3 is 2.93 bits per heavy atom. The van der Waals surface area contributed by atoms with Gasteiger partial charge in [-0.3, -0.25) is 5.32 Å². The molecule has 2 heterocycles. The smallest absolute Gasteiger partial charge is 0.113 e. The van der Waals surface area contributed by atoms with E-state index in [4.69, 9.17) is 4.74 Å². The first-order valence-electron chi connectivity index (χ1n) is 4.57. The summed E-state index contributed by atoms with van der Waals surface area (Å²) < 4.78 is 5.64. The van der Waals surface area contributed by atoms with Gasteiger partial charge in [0.15, 0.2) is 0 Å². The van der Waals surface area contributed by atoms with Gasteiger partial charge in [-0.05, 0) is 25.3 Å². The maximum Gasteiger partial charge on any atom is 0.113 e. The molecule has 2 nitrogen and oxygen atoms in total. The fourth-order valence-electron chi connectivity index (χ4n) is 1.55. The zero-order chi connectivity index (χ0) is 9.31. The number of thiophene rings is 1. The molecule has 0 radical (unpaired) electrons. The third-order valence-electron chi connectivity index (χ3n) is 2.16. The Morgan fingerprint density at radius 2 is 2.43 bits per heavy atom. The molecule has 1 aromatic heterocycles. The van der Waals surface area contributed by atoms with Gasteiger partial charge in [-0.25, -0.2) is 0 Å². The number of hydrogen-bond acceptors (Lipinski definition) is 3. The van der Waals surface area contributed by atoms with Gasteiger partial charge in [-0.2, -0.15) is 0 Å². The molecule has 1 aliphatic heterocycles. The molecule has 2 rings (SSSR count). The zero-order valence-electron chi connectivity index (χ0n) is 8.45. The van der Waals surface area contributed by atoms with Crippen LogP contribution in [0.3, 0.4) is 0 Å². The van der Waals surface area contributed by atoms with E-state index in [9.17, 15) is 0 Å². The zero-order valence-corrected chi connectivity index (χ0v) is 10.1. The van der Waals surface area contributed by atoms with Crippen LogP contribution < -0.4 is 5.32 Å². The van der Waals surface area contributed by atoms with E-state index >= 15 is 0 Å².